The third-order valence-electron chi connectivity index (χ3n) is 2.77. The molecule has 1 unspecified atom stereocenters. The van der Waals surface area contributed by atoms with E-state index in [1.165, 1.54) is 7.11 Å². The van der Waals surface area contributed by atoms with Gasteiger partial charge in [-0.05, 0) is 18.2 Å². The minimum atomic E-state index is -0.156. The number of ether oxygens (including phenoxy) is 1. The summed E-state index contributed by atoms with van der Waals surface area (Å²) < 4.78 is 5.04. The largest absolute Gasteiger partial charge is 0.497 e. The summed E-state index contributed by atoms with van der Waals surface area (Å²) in [6.07, 6.45) is 0.330. The van der Waals surface area contributed by atoms with Gasteiger partial charge in [-0.25, -0.2) is 0 Å². The molecule has 1 amide bonds. The molecule has 1 aliphatic rings. The van der Waals surface area contributed by atoms with Gasteiger partial charge in [-0.3, -0.25) is 4.79 Å². The lowest BCUT2D eigenvalue weighted by molar-refractivity contribution is -0.117. The number of hydrogen-bond donors (Lipinski definition) is 1. The third kappa shape index (κ3) is 2.08. The third-order valence-corrected chi connectivity index (χ3v) is 2.77. The maximum atomic E-state index is 11.7. The summed E-state index contributed by atoms with van der Waals surface area (Å²) in [5.41, 5.74) is 6.76. The van der Waals surface area contributed by atoms with Crippen LogP contribution in [0.15, 0.2) is 18.2 Å². The zero-order chi connectivity index (χ0) is 12.4. The highest BCUT2D eigenvalue weighted by Gasteiger charge is 2.29. The smallest absolute Gasteiger partial charge is 0.228 e. The fourth-order valence-electron chi connectivity index (χ4n) is 1.94. The first-order valence-electron chi connectivity index (χ1n) is 5.29. The molecule has 2 rings (SSSR count). The Labute approximate surface area is 99.4 Å². The fraction of sp³-hybridized carbons (Fsp3) is 0.333. The van der Waals surface area contributed by atoms with Crippen molar-refractivity contribution in [3.05, 3.63) is 23.8 Å². The van der Waals surface area contributed by atoms with Crippen molar-refractivity contribution in [1.82, 2.24) is 0 Å². The first-order chi connectivity index (χ1) is 8.15. The van der Waals surface area contributed by atoms with Crippen molar-refractivity contribution in [2.75, 3.05) is 18.6 Å². The molecule has 2 N–H and O–H groups in total. The van der Waals surface area contributed by atoms with Crippen LogP contribution >= 0.6 is 0 Å². The Balaban J connectivity index is 2.39. The van der Waals surface area contributed by atoms with Gasteiger partial charge in [-0.1, -0.05) is 0 Å². The van der Waals surface area contributed by atoms with Crippen LogP contribution in [0.3, 0.4) is 0 Å². The molecule has 1 aromatic rings. The predicted octanol–water partition coefficient (Wildman–Crippen LogP) is 0.631. The highest BCUT2D eigenvalue weighted by molar-refractivity contribution is 5.97. The maximum absolute atomic E-state index is 11.7. The Morgan fingerprint density at radius 1 is 1.59 bits per heavy atom. The van der Waals surface area contributed by atoms with Gasteiger partial charge >= 0.3 is 0 Å². The van der Waals surface area contributed by atoms with Crippen LogP contribution in [0.1, 0.15) is 12.0 Å². The van der Waals surface area contributed by atoms with Gasteiger partial charge in [0, 0.05) is 19.0 Å². The molecule has 1 aromatic carbocycles. The van der Waals surface area contributed by atoms with Crippen molar-refractivity contribution < 1.29 is 9.53 Å². The SMILES string of the molecule is COc1ccc(N2CC(N)CC2=O)c(C#N)c1. The number of carbonyl (C=O) groups excluding carboxylic acids is 1. The second kappa shape index (κ2) is 4.44. The van der Waals surface area contributed by atoms with E-state index in [1.54, 1.807) is 23.1 Å². The van der Waals surface area contributed by atoms with E-state index in [9.17, 15) is 4.79 Å². The molecule has 0 radical (unpaired) electrons. The number of anilines is 1. The van der Waals surface area contributed by atoms with Crippen molar-refractivity contribution in [3.63, 3.8) is 0 Å². The van der Waals surface area contributed by atoms with Gasteiger partial charge in [0.25, 0.3) is 0 Å². The molecule has 0 spiro atoms. The van der Waals surface area contributed by atoms with E-state index in [0.29, 0.717) is 30.0 Å². The number of nitrogens with two attached hydrogens (primary N) is 1. The highest BCUT2D eigenvalue weighted by Crippen LogP contribution is 2.27. The summed E-state index contributed by atoms with van der Waals surface area (Å²) in [5.74, 6) is 0.556. The van der Waals surface area contributed by atoms with Crippen LogP contribution in [0.4, 0.5) is 5.69 Å². The summed E-state index contributed by atoms with van der Waals surface area (Å²) in [4.78, 5) is 13.3. The molecule has 17 heavy (non-hydrogen) atoms. The topological polar surface area (TPSA) is 79.3 Å². The molecule has 1 saturated heterocycles. The first-order valence-corrected chi connectivity index (χ1v) is 5.29. The molecule has 1 fully saturated rings. The lowest BCUT2D eigenvalue weighted by Gasteiger charge is -2.17. The van der Waals surface area contributed by atoms with Crippen LogP contribution in [0.25, 0.3) is 0 Å². The molecule has 1 heterocycles. The van der Waals surface area contributed by atoms with Gasteiger partial charge in [0.1, 0.15) is 11.8 Å². The summed E-state index contributed by atoms with van der Waals surface area (Å²) in [7, 11) is 1.53. The standard InChI is InChI=1S/C12H13N3O2/c1-17-10-2-3-11(8(4-10)6-13)15-7-9(14)5-12(15)16/h2-4,9H,5,7,14H2,1H3. The normalized spacial score (nSPS) is 19.2. The van der Waals surface area contributed by atoms with E-state index < -0.39 is 0 Å². The first kappa shape index (κ1) is 11.4. The van der Waals surface area contributed by atoms with E-state index in [4.69, 9.17) is 15.7 Å². The lowest BCUT2D eigenvalue weighted by Crippen LogP contribution is -2.28. The second-order valence-electron chi connectivity index (χ2n) is 3.96. The summed E-state index contributed by atoms with van der Waals surface area (Å²) in [5, 5.41) is 9.08. The number of amides is 1. The van der Waals surface area contributed by atoms with Crippen LogP contribution in [0.5, 0.6) is 5.75 Å². The molecule has 1 atom stereocenters. The van der Waals surface area contributed by atoms with Gasteiger partial charge in [-0.2, -0.15) is 5.26 Å². The molecule has 5 nitrogen and oxygen atoms in total. The summed E-state index contributed by atoms with van der Waals surface area (Å²) in [6.45, 7) is 0.458. The van der Waals surface area contributed by atoms with Crippen molar-refractivity contribution in [1.29, 1.82) is 5.26 Å². The van der Waals surface area contributed by atoms with Gasteiger partial charge in [-0.15, -0.1) is 0 Å². The number of hydrogen-bond acceptors (Lipinski definition) is 4. The van der Waals surface area contributed by atoms with Crippen LogP contribution in [0, 0.1) is 11.3 Å². The Kier molecular flexibility index (Phi) is 2.98. The zero-order valence-electron chi connectivity index (χ0n) is 9.51. The average molecular weight is 231 g/mol. The van der Waals surface area contributed by atoms with Crippen LogP contribution in [0.2, 0.25) is 0 Å². The number of rotatable bonds is 2. The number of nitrogens with zero attached hydrogens (tertiary/aromatic N) is 2. The lowest BCUT2D eigenvalue weighted by atomic mass is 10.1. The Bertz CT molecular complexity index is 493. The van der Waals surface area contributed by atoms with Crippen molar-refractivity contribution in [2.24, 2.45) is 5.73 Å². The second-order valence-corrected chi connectivity index (χ2v) is 3.96. The van der Waals surface area contributed by atoms with Gasteiger partial charge in [0.2, 0.25) is 5.91 Å². The molecule has 0 saturated carbocycles. The fourth-order valence-corrected chi connectivity index (χ4v) is 1.94. The molecular weight excluding hydrogens is 218 g/mol. The van der Waals surface area contributed by atoms with Crippen molar-refractivity contribution in [2.45, 2.75) is 12.5 Å². The zero-order valence-corrected chi connectivity index (χ0v) is 9.51. The number of benzene rings is 1. The van der Waals surface area contributed by atoms with E-state index in [-0.39, 0.29) is 11.9 Å². The van der Waals surface area contributed by atoms with Crippen LogP contribution < -0.4 is 15.4 Å². The van der Waals surface area contributed by atoms with E-state index in [0.717, 1.165) is 0 Å². The van der Waals surface area contributed by atoms with Crippen LogP contribution in [-0.2, 0) is 4.79 Å². The molecule has 0 bridgehead atoms. The van der Waals surface area contributed by atoms with Crippen LogP contribution in [-0.4, -0.2) is 25.6 Å². The average Bonchev–Trinajstić information content (AvgIpc) is 2.67. The Morgan fingerprint density at radius 2 is 2.35 bits per heavy atom. The minimum Gasteiger partial charge on any atom is -0.497 e. The van der Waals surface area contributed by atoms with Crippen molar-refractivity contribution in [3.8, 4) is 11.8 Å². The quantitative estimate of drug-likeness (QED) is 0.809. The monoisotopic (exact) mass is 231 g/mol. The number of nitriles is 1. The minimum absolute atomic E-state index is 0.0424. The van der Waals surface area contributed by atoms with E-state index in [2.05, 4.69) is 6.07 Å². The van der Waals surface area contributed by atoms with E-state index >= 15 is 0 Å². The van der Waals surface area contributed by atoms with Crippen molar-refractivity contribution >= 4 is 11.6 Å². The summed E-state index contributed by atoms with van der Waals surface area (Å²) in [6, 6.07) is 6.97. The Morgan fingerprint density at radius 3 is 2.88 bits per heavy atom. The summed E-state index contributed by atoms with van der Waals surface area (Å²) >= 11 is 0. The molecule has 88 valence electrons. The van der Waals surface area contributed by atoms with Gasteiger partial charge in [0.05, 0.1) is 18.4 Å². The number of methoxy groups -OCH3 is 1. The highest BCUT2D eigenvalue weighted by atomic mass is 16.5. The number of carbonyl (C=O) groups is 1. The van der Waals surface area contributed by atoms with Gasteiger partial charge in [0.15, 0.2) is 0 Å². The maximum Gasteiger partial charge on any atom is 0.228 e. The molecule has 5 heteroatoms. The molecule has 0 aliphatic carbocycles. The molecule has 0 aromatic heterocycles. The Hall–Kier alpha value is -2.06. The van der Waals surface area contributed by atoms with E-state index in [1.807, 2.05) is 0 Å². The molecule has 1 aliphatic heterocycles. The predicted molar refractivity (Wildman–Crippen MR) is 62.7 cm³/mol. The molecular formula is C12H13N3O2. The van der Waals surface area contributed by atoms with Gasteiger partial charge < -0.3 is 15.4 Å².